The first-order valence-corrected chi connectivity index (χ1v) is 15.3. The highest BCUT2D eigenvalue weighted by molar-refractivity contribution is 7.89. The van der Waals surface area contributed by atoms with Crippen molar-refractivity contribution in [2.24, 2.45) is 7.05 Å². The normalized spacial score (nSPS) is 22.6. The van der Waals surface area contributed by atoms with Gasteiger partial charge in [0.15, 0.2) is 0 Å². The van der Waals surface area contributed by atoms with E-state index in [1.807, 2.05) is 44.2 Å². The van der Waals surface area contributed by atoms with Crippen LogP contribution in [0.4, 0.5) is 10.2 Å². The van der Waals surface area contributed by atoms with Gasteiger partial charge in [-0.15, -0.1) is 0 Å². The number of hydrogen-bond acceptors (Lipinski definition) is 5. The van der Waals surface area contributed by atoms with Gasteiger partial charge in [-0.05, 0) is 63.1 Å². The van der Waals surface area contributed by atoms with E-state index in [-0.39, 0.29) is 18.5 Å². The van der Waals surface area contributed by atoms with Gasteiger partial charge in [-0.3, -0.25) is 9.48 Å². The standard InChI is InChI=1S/C30H37FN4O4S/c1-21-17-28(34(3)33-21)32-29(36)30(13-15-39-16-14-30)25-11-10-24(27(31)19-25)20-35-22(2)9-12-26(40(35,37)38)18-23-7-5-4-6-8-23/h4-8,10-11,17,19,22,26H,9,12-16,18,20H2,1-3H3,(H,32,36)/t22?,26-/m0/s1. The van der Waals surface area contributed by atoms with Gasteiger partial charge < -0.3 is 10.1 Å². The van der Waals surface area contributed by atoms with Crippen molar-refractivity contribution in [2.75, 3.05) is 18.5 Å². The number of ether oxygens (including phenoxy) is 1. The number of aryl methyl sites for hydroxylation is 2. The Kier molecular flexibility index (Phi) is 8.13. The summed E-state index contributed by atoms with van der Waals surface area (Å²) in [4.78, 5) is 13.7. The fraction of sp³-hybridized carbons (Fsp3) is 0.467. The Labute approximate surface area is 235 Å². The number of carbonyl (C=O) groups is 1. The molecular formula is C30H37FN4O4S. The molecule has 1 N–H and O–H groups in total. The Morgan fingerprint density at radius 3 is 2.50 bits per heavy atom. The lowest BCUT2D eigenvalue weighted by Gasteiger charge is -2.38. The number of halogens is 1. The Morgan fingerprint density at radius 1 is 1.12 bits per heavy atom. The van der Waals surface area contributed by atoms with E-state index in [1.165, 1.54) is 10.4 Å². The molecule has 3 heterocycles. The van der Waals surface area contributed by atoms with Crippen LogP contribution in [-0.2, 0) is 45.0 Å². The molecule has 2 atom stereocenters. The zero-order valence-corrected chi connectivity index (χ0v) is 24.1. The topological polar surface area (TPSA) is 93.5 Å². The van der Waals surface area contributed by atoms with Gasteiger partial charge in [0.25, 0.3) is 0 Å². The van der Waals surface area contributed by atoms with Crippen LogP contribution in [0.5, 0.6) is 0 Å². The van der Waals surface area contributed by atoms with Crippen molar-refractivity contribution in [3.8, 4) is 0 Å². The Hall–Kier alpha value is -3.08. The van der Waals surface area contributed by atoms with Gasteiger partial charge >= 0.3 is 0 Å². The molecule has 40 heavy (non-hydrogen) atoms. The highest BCUT2D eigenvalue weighted by atomic mass is 32.2. The van der Waals surface area contributed by atoms with Gasteiger partial charge in [-0.2, -0.15) is 9.40 Å². The lowest BCUT2D eigenvalue weighted by molar-refractivity contribution is -0.125. The Balaban J connectivity index is 1.39. The number of aromatic nitrogens is 2. The third kappa shape index (κ3) is 5.57. The number of hydrogen-bond donors (Lipinski definition) is 1. The minimum absolute atomic E-state index is 0.0441. The number of benzene rings is 2. The summed E-state index contributed by atoms with van der Waals surface area (Å²) < 4.78 is 51.6. The molecule has 1 aromatic heterocycles. The average molecular weight is 569 g/mol. The van der Waals surface area contributed by atoms with Crippen LogP contribution in [0.25, 0.3) is 0 Å². The summed E-state index contributed by atoms with van der Waals surface area (Å²) in [6, 6.07) is 16.0. The monoisotopic (exact) mass is 568 g/mol. The van der Waals surface area contributed by atoms with Gasteiger partial charge in [0, 0.05) is 44.5 Å². The second kappa shape index (κ2) is 11.4. The molecule has 2 aromatic carbocycles. The number of sulfonamides is 1. The molecule has 2 aliphatic rings. The predicted molar refractivity (Wildman–Crippen MR) is 152 cm³/mol. The minimum Gasteiger partial charge on any atom is -0.381 e. The summed E-state index contributed by atoms with van der Waals surface area (Å²) in [5.41, 5.74) is 1.64. The maximum absolute atomic E-state index is 15.7. The molecule has 0 bridgehead atoms. The van der Waals surface area contributed by atoms with Gasteiger partial charge in [-0.25, -0.2) is 12.8 Å². The lowest BCUT2D eigenvalue weighted by Crippen LogP contribution is -2.48. The lowest BCUT2D eigenvalue weighted by atomic mass is 9.73. The number of rotatable bonds is 7. The molecule has 0 spiro atoms. The smallest absolute Gasteiger partial charge is 0.236 e. The molecule has 8 nitrogen and oxygen atoms in total. The summed E-state index contributed by atoms with van der Waals surface area (Å²) >= 11 is 0. The summed E-state index contributed by atoms with van der Waals surface area (Å²) in [5, 5.41) is 6.73. The van der Waals surface area contributed by atoms with Gasteiger partial charge in [0.2, 0.25) is 15.9 Å². The molecule has 0 saturated carbocycles. The van der Waals surface area contributed by atoms with E-state index in [4.69, 9.17) is 4.74 Å². The fourth-order valence-corrected chi connectivity index (χ4v) is 8.11. The van der Waals surface area contributed by atoms with Gasteiger partial charge in [0.05, 0.1) is 16.4 Å². The largest absolute Gasteiger partial charge is 0.381 e. The molecule has 1 amide bonds. The summed E-state index contributed by atoms with van der Waals surface area (Å²) in [5.74, 6) is -0.179. The molecule has 214 valence electrons. The van der Waals surface area contributed by atoms with Crippen molar-refractivity contribution in [1.29, 1.82) is 0 Å². The van der Waals surface area contributed by atoms with E-state index in [0.29, 0.717) is 62.3 Å². The van der Waals surface area contributed by atoms with E-state index in [1.54, 1.807) is 29.9 Å². The van der Waals surface area contributed by atoms with E-state index in [9.17, 15) is 13.2 Å². The fourth-order valence-electron chi connectivity index (χ4n) is 5.96. The van der Waals surface area contributed by atoms with Crippen LogP contribution >= 0.6 is 0 Å². The molecule has 0 radical (unpaired) electrons. The number of anilines is 1. The van der Waals surface area contributed by atoms with Gasteiger partial charge in [-0.1, -0.05) is 42.5 Å². The number of nitrogens with one attached hydrogen (secondary N) is 1. The summed E-state index contributed by atoms with van der Waals surface area (Å²) in [6.07, 6.45) is 2.55. The van der Waals surface area contributed by atoms with Crippen LogP contribution in [0.3, 0.4) is 0 Å². The minimum atomic E-state index is -3.64. The van der Waals surface area contributed by atoms with Gasteiger partial charge in [0.1, 0.15) is 11.6 Å². The quantitative estimate of drug-likeness (QED) is 0.454. The zero-order chi connectivity index (χ0) is 28.5. The first-order valence-electron chi connectivity index (χ1n) is 13.8. The predicted octanol–water partition coefficient (Wildman–Crippen LogP) is 4.48. The Morgan fingerprint density at radius 2 is 1.85 bits per heavy atom. The highest BCUT2D eigenvalue weighted by Crippen LogP contribution is 2.38. The van der Waals surface area contributed by atoms with Crippen LogP contribution in [0, 0.1) is 12.7 Å². The molecule has 1 unspecified atom stereocenters. The second-order valence-corrected chi connectivity index (χ2v) is 13.2. The van der Waals surface area contributed by atoms with Crippen molar-refractivity contribution in [2.45, 2.75) is 69.2 Å². The van der Waals surface area contributed by atoms with Crippen LogP contribution in [0.2, 0.25) is 0 Å². The van der Waals surface area contributed by atoms with Crippen molar-refractivity contribution in [3.63, 3.8) is 0 Å². The van der Waals surface area contributed by atoms with Crippen molar-refractivity contribution in [1.82, 2.24) is 14.1 Å². The number of nitrogens with zero attached hydrogens (tertiary/aromatic N) is 3. The zero-order valence-electron chi connectivity index (χ0n) is 23.3. The van der Waals surface area contributed by atoms with Crippen molar-refractivity contribution >= 4 is 21.7 Å². The molecule has 5 rings (SSSR count). The number of carbonyl (C=O) groups excluding carboxylic acids is 1. The molecule has 2 saturated heterocycles. The maximum Gasteiger partial charge on any atom is 0.236 e. The molecule has 2 fully saturated rings. The van der Waals surface area contributed by atoms with E-state index in [2.05, 4.69) is 10.4 Å². The van der Waals surface area contributed by atoms with E-state index < -0.39 is 26.5 Å². The molecule has 0 aliphatic carbocycles. The molecule has 2 aliphatic heterocycles. The van der Waals surface area contributed by atoms with E-state index in [0.717, 1.165) is 11.3 Å². The molecular weight excluding hydrogens is 531 g/mol. The average Bonchev–Trinajstić information content (AvgIpc) is 3.25. The maximum atomic E-state index is 15.7. The SMILES string of the molecule is Cc1cc(NC(=O)C2(c3ccc(CN4C(C)CC[C@@H](Cc5ccccc5)S4(=O)=O)c(F)c3)CCOCC2)n(C)n1. The van der Waals surface area contributed by atoms with Crippen molar-refractivity contribution < 1.29 is 22.3 Å². The van der Waals surface area contributed by atoms with Crippen molar-refractivity contribution in [3.05, 3.63) is 82.8 Å². The third-order valence-electron chi connectivity index (χ3n) is 8.41. The number of amides is 1. The first-order chi connectivity index (χ1) is 19.1. The van der Waals surface area contributed by atoms with Crippen LogP contribution in [0.1, 0.15) is 55.0 Å². The second-order valence-electron chi connectivity index (χ2n) is 11.1. The van der Waals surface area contributed by atoms with E-state index >= 15 is 4.39 Å². The van der Waals surface area contributed by atoms with Crippen LogP contribution in [-0.4, -0.2) is 52.9 Å². The highest BCUT2D eigenvalue weighted by Gasteiger charge is 2.43. The summed E-state index contributed by atoms with van der Waals surface area (Å²) in [7, 11) is -1.88. The third-order valence-corrected chi connectivity index (χ3v) is 10.8. The van der Waals surface area contributed by atoms with Crippen LogP contribution < -0.4 is 5.32 Å². The molecule has 3 aromatic rings. The molecule has 10 heteroatoms. The van der Waals surface area contributed by atoms with Crippen LogP contribution in [0.15, 0.2) is 54.6 Å². The first kappa shape index (κ1) is 28.4. The summed E-state index contributed by atoms with van der Waals surface area (Å²) in [6.45, 7) is 4.45. The Bertz CT molecular complexity index is 1470.